The summed E-state index contributed by atoms with van der Waals surface area (Å²) in [5, 5.41) is 9.46. The van der Waals surface area contributed by atoms with Crippen LogP contribution < -0.4 is 5.73 Å². The topological polar surface area (TPSA) is 96.2 Å². The van der Waals surface area contributed by atoms with Crippen LogP contribution in [-0.2, 0) is 0 Å². The zero-order valence-electron chi connectivity index (χ0n) is 8.57. The van der Waals surface area contributed by atoms with Gasteiger partial charge in [-0.25, -0.2) is 4.79 Å². The lowest BCUT2D eigenvalue weighted by Gasteiger charge is -1.99. The summed E-state index contributed by atoms with van der Waals surface area (Å²) in [7, 11) is 0. The van der Waals surface area contributed by atoms with Crippen molar-refractivity contribution in [3.8, 4) is 0 Å². The Bertz CT molecular complexity index is 599. The van der Waals surface area contributed by atoms with Crippen molar-refractivity contribution in [3.63, 3.8) is 0 Å². The number of nitrogens with one attached hydrogen (secondary N) is 1. The molecule has 1 heterocycles. The second-order valence-corrected chi connectivity index (χ2v) is 3.52. The number of carbonyl (C=O) groups excluding carboxylic acids is 1. The van der Waals surface area contributed by atoms with E-state index in [2.05, 4.69) is 4.98 Å². The van der Waals surface area contributed by atoms with Gasteiger partial charge in [-0.2, -0.15) is 0 Å². The molecular weight excluding hydrogens is 208 g/mol. The number of primary amides is 1. The van der Waals surface area contributed by atoms with Crippen LogP contribution >= 0.6 is 0 Å². The maximum absolute atomic E-state index is 11.2. The van der Waals surface area contributed by atoms with Crippen molar-refractivity contribution < 1.29 is 14.7 Å². The second-order valence-electron chi connectivity index (χ2n) is 3.52. The van der Waals surface area contributed by atoms with Gasteiger partial charge in [-0.15, -0.1) is 0 Å². The molecule has 1 amide bonds. The van der Waals surface area contributed by atoms with Gasteiger partial charge in [0.15, 0.2) is 0 Å². The highest BCUT2D eigenvalue weighted by Crippen LogP contribution is 2.25. The van der Waals surface area contributed by atoms with E-state index in [0.29, 0.717) is 16.6 Å². The summed E-state index contributed by atoms with van der Waals surface area (Å²) in [5.41, 5.74) is 6.65. The molecule has 0 aliphatic heterocycles. The number of carboxylic acids is 1. The van der Waals surface area contributed by atoms with Crippen LogP contribution in [0.1, 0.15) is 26.4 Å². The van der Waals surface area contributed by atoms with Crippen LogP contribution in [0.15, 0.2) is 18.2 Å². The Morgan fingerprint density at radius 2 is 2.06 bits per heavy atom. The van der Waals surface area contributed by atoms with Gasteiger partial charge in [0.25, 0.3) is 0 Å². The Labute approximate surface area is 90.9 Å². The van der Waals surface area contributed by atoms with E-state index in [1.54, 1.807) is 19.1 Å². The number of H-pyrrole nitrogens is 1. The number of fused-ring (bicyclic) bond motifs is 1. The van der Waals surface area contributed by atoms with E-state index in [1.807, 2.05) is 0 Å². The van der Waals surface area contributed by atoms with Crippen LogP contribution in [0, 0.1) is 6.92 Å². The standard InChI is InChI=1S/C11H10N2O3/c1-5-8(11(15)16)9-6(10(12)14)3-2-4-7(9)13-5/h2-4,13H,1H3,(H2,12,14)(H,15,16). The van der Waals surface area contributed by atoms with Crippen molar-refractivity contribution in [2.24, 2.45) is 5.73 Å². The molecule has 0 aliphatic carbocycles. The molecule has 2 aromatic rings. The first-order valence-electron chi connectivity index (χ1n) is 4.66. The minimum atomic E-state index is -1.07. The molecule has 1 aromatic carbocycles. The Morgan fingerprint density at radius 3 is 2.62 bits per heavy atom. The van der Waals surface area contributed by atoms with Crippen LogP contribution in [0.4, 0.5) is 0 Å². The molecule has 82 valence electrons. The minimum Gasteiger partial charge on any atom is -0.478 e. The van der Waals surface area contributed by atoms with E-state index in [9.17, 15) is 9.59 Å². The van der Waals surface area contributed by atoms with Gasteiger partial charge in [0.2, 0.25) is 5.91 Å². The minimum absolute atomic E-state index is 0.101. The SMILES string of the molecule is Cc1[nH]c2cccc(C(N)=O)c2c1C(=O)O. The van der Waals surface area contributed by atoms with Crippen LogP contribution in [0.3, 0.4) is 0 Å². The van der Waals surface area contributed by atoms with Crippen LogP contribution in [0.2, 0.25) is 0 Å². The summed E-state index contributed by atoms with van der Waals surface area (Å²) in [6.45, 7) is 1.65. The molecule has 0 bridgehead atoms. The van der Waals surface area contributed by atoms with Gasteiger partial charge >= 0.3 is 5.97 Å². The molecule has 4 N–H and O–H groups in total. The van der Waals surface area contributed by atoms with Gasteiger partial charge in [0, 0.05) is 22.2 Å². The van der Waals surface area contributed by atoms with Gasteiger partial charge in [-0.1, -0.05) is 6.07 Å². The molecule has 0 saturated carbocycles. The van der Waals surface area contributed by atoms with E-state index < -0.39 is 11.9 Å². The predicted octanol–water partition coefficient (Wildman–Crippen LogP) is 1.27. The van der Waals surface area contributed by atoms with Gasteiger partial charge in [-0.05, 0) is 19.1 Å². The van der Waals surface area contributed by atoms with Crippen molar-refractivity contribution in [3.05, 3.63) is 35.0 Å². The monoisotopic (exact) mass is 218 g/mol. The first kappa shape index (κ1) is 10.2. The Kier molecular flexibility index (Phi) is 2.16. The van der Waals surface area contributed by atoms with Crippen molar-refractivity contribution in [2.75, 3.05) is 0 Å². The molecule has 5 heteroatoms. The molecule has 16 heavy (non-hydrogen) atoms. The lowest BCUT2D eigenvalue weighted by Crippen LogP contribution is -2.12. The van der Waals surface area contributed by atoms with Crippen molar-refractivity contribution >= 4 is 22.8 Å². The van der Waals surface area contributed by atoms with Crippen molar-refractivity contribution in [1.29, 1.82) is 0 Å². The largest absolute Gasteiger partial charge is 0.478 e. The van der Waals surface area contributed by atoms with Crippen LogP contribution in [-0.4, -0.2) is 22.0 Å². The molecule has 0 atom stereocenters. The zero-order valence-corrected chi connectivity index (χ0v) is 8.57. The Hall–Kier alpha value is -2.30. The first-order valence-corrected chi connectivity index (χ1v) is 4.66. The predicted molar refractivity (Wildman–Crippen MR) is 58.5 cm³/mol. The first-order chi connectivity index (χ1) is 7.52. The van der Waals surface area contributed by atoms with Crippen LogP contribution in [0.25, 0.3) is 10.9 Å². The summed E-state index contributed by atoms with van der Waals surface area (Å²) in [4.78, 5) is 25.2. The fourth-order valence-corrected chi connectivity index (χ4v) is 1.85. The fraction of sp³-hybridized carbons (Fsp3) is 0.0909. The van der Waals surface area contributed by atoms with Gasteiger partial charge in [-0.3, -0.25) is 4.79 Å². The molecule has 0 unspecified atom stereocenters. The maximum atomic E-state index is 11.2. The Balaban J connectivity index is 2.94. The molecule has 2 rings (SSSR count). The number of nitrogens with two attached hydrogens (primary N) is 1. The van der Waals surface area contributed by atoms with Crippen molar-refractivity contribution in [1.82, 2.24) is 4.98 Å². The molecule has 0 aliphatic rings. The number of rotatable bonds is 2. The van der Waals surface area contributed by atoms with E-state index in [-0.39, 0.29) is 11.1 Å². The number of benzene rings is 1. The summed E-state index contributed by atoms with van der Waals surface area (Å²) < 4.78 is 0. The average molecular weight is 218 g/mol. The highest BCUT2D eigenvalue weighted by molar-refractivity contribution is 6.14. The zero-order chi connectivity index (χ0) is 11.9. The number of aromatic carboxylic acids is 1. The lowest BCUT2D eigenvalue weighted by atomic mass is 10.0. The summed E-state index contributed by atoms with van der Waals surface area (Å²) in [6.07, 6.45) is 0. The maximum Gasteiger partial charge on any atom is 0.338 e. The highest BCUT2D eigenvalue weighted by Gasteiger charge is 2.19. The number of carbonyl (C=O) groups is 2. The smallest absolute Gasteiger partial charge is 0.338 e. The van der Waals surface area contributed by atoms with Gasteiger partial charge < -0.3 is 15.8 Å². The number of amides is 1. The Morgan fingerprint density at radius 1 is 1.38 bits per heavy atom. The third kappa shape index (κ3) is 1.33. The number of aryl methyl sites for hydroxylation is 1. The van der Waals surface area contributed by atoms with E-state index in [4.69, 9.17) is 10.8 Å². The average Bonchev–Trinajstić information content (AvgIpc) is 2.52. The lowest BCUT2D eigenvalue weighted by molar-refractivity contribution is 0.0698. The highest BCUT2D eigenvalue weighted by atomic mass is 16.4. The normalized spacial score (nSPS) is 10.6. The molecule has 0 radical (unpaired) electrons. The summed E-state index contributed by atoms with van der Waals surface area (Å²) in [6, 6.07) is 4.88. The fourth-order valence-electron chi connectivity index (χ4n) is 1.85. The third-order valence-corrected chi connectivity index (χ3v) is 2.49. The van der Waals surface area contributed by atoms with Gasteiger partial charge in [0.05, 0.1) is 5.56 Å². The molecule has 5 nitrogen and oxygen atoms in total. The second kappa shape index (κ2) is 3.37. The quantitative estimate of drug-likeness (QED) is 0.708. The number of aromatic amines is 1. The van der Waals surface area contributed by atoms with Gasteiger partial charge in [0.1, 0.15) is 0 Å². The third-order valence-electron chi connectivity index (χ3n) is 2.49. The van der Waals surface area contributed by atoms with Crippen LogP contribution in [0.5, 0.6) is 0 Å². The molecule has 0 fully saturated rings. The van der Waals surface area contributed by atoms with E-state index in [0.717, 1.165) is 0 Å². The number of hydrogen-bond donors (Lipinski definition) is 3. The summed E-state index contributed by atoms with van der Waals surface area (Å²) in [5.74, 6) is -1.70. The summed E-state index contributed by atoms with van der Waals surface area (Å²) >= 11 is 0. The molecule has 0 spiro atoms. The molecule has 0 saturated heterocycles. The number of aromatic nitrogens is 1. The number of carboxylic acid groups (broad SMARTS) is 1. The van der Waals surface area contributed by atoms with E-state index in [1.165, 1.54) is 6.07 Å². The van der Waals surface area contributed by atoms with E-state index >= 15 is 0 Å². The van der Waals surface area contributed by atoms with Crippen molar-refractivity contribution in [2.45, 2.75) is 6.92 Å². The number of hydrogen-bond acceptors (Lipinski definition) is 2. The molecule has 1 aromatic heterocycles. The molecular formula is C11H10N2O3.